The molecular weight excluding hydrogens is 248 g/mol. The fraction of sp³-hybridized carbons (Fsp3) is 0.588. The number of carbonyl (C=O) groups excluding carboxylic acids is 1. The van der Waals surface area contributed by atoms with Crippen molar-refractivity contribution in [1.29, 1.82) is 0 Å². The van der Waals surface area contributed by atoms with Gasteiger partial charge in [-0.3, -0.25) is 10.2 Å². The lowest BCUT2D eigenvalue weighted by molar-refractivity contribution is -0.121. The van der Waals surface area contributed by atoms with Gasteiger partial charge in [0.2, 0.25) is 5.91 Å². The van der Waals surface area contributed by atoms with Crippen molar-refractivity contribution < 1.29 is 4.79 Å². The molecule has 1 atom stereocenters. The number of benzene rings is 1. The molecule has 1 aromatic rings. The van der Waals surface area contributed by atoms with Crippen LogP contribution in [0, 0.1) is 5.92 Å². The van der Waals surface area contributed by atoms with E-state index in [0.717, 1.165) is 12.5 Å². The molecule has 0 aromatic heterocycles. The van der Waals surface area contributed by atoms with E-state index in [2.05, 4.69) is 34.7 Å². The minimum Gasteiger partial charge on any atom is -0.288 e. The predicted molar refractivity (Wildman–Crippen MR) is 79.7 cm³/mol. The first-order valence-electron chi connectivity index (χ1n) is 7.91. The van der Waals surface area contributed by atoms with Crippen LogP contribution >= 0.6 is 0 Å². The van der Waals surface area contributed by atoms with Crippen LogP contribution in [-0.4, -0.2) is 17.0 Å². The third-order valence-corrected chi connectivity index (χ3v) is 4.66. The average Bonchev–Trinajstić information content (AvgIpc) is 2.81. The summed E-state index contributed by atoms with van der Waals surface area (Å²) in [6.07, 6.45) is 8.68. The second kappa shape index (κ2) is 6.40. The van der Waals surface area contributed by atoms with E-state index in [1.807, 2.05) is 6.07 Å². The van der Waals surface area contributed by atoms with Crippen LogP contribution in [0.3, 0.4) is 0 Å². The summed E-state index contributed by atoms with van der Waals surface area (Å²) in [5, 5.41) is 2.16. The van der Waals surface area contributed by atoms with Gasteiger partial charge in [0.1, 0.15) is 0 Å². The molecule has 1 heterocycles. The van der Waals surface area contributed by atoms with Gasteiger partial charge < -0.3 is 0 Å². The maximum absolute atomic E-state index is 11.7. The monoisotopic (exact) mass is 272 g/mol. The predicted octanol–water partition coefficient (Wildman–Crippen LogP) is 3.26. The first-order valence-corrected chi connectivity index (χ1v) is 7.91. The maximum Gasteiger partial charge on any atom is 0.235 e. The van der Waals surface area contributed by atoms with Crippen molar-refractivity contribution in [3.8, 4) is 0 Å². The van der Waals surface area contributed by atoms with Crippen molar-refractivity contribution >= 4 is 5.91 Å². The fourth-order valence-electron chi connectivity index (χ4n) is 3.59. The summed E-state index contributed by atoms with van der Waals surface area (Å²) in [5.74, 6) is 1.00. The van der Waals surface area contributed by atoms with E-state index >= 15 is 0 Å². The molecule has 2 fully saturated rings. The van der Waals surface area contributed by atoms with E-state index in [-0.39, 0.29) is 5.91 Å². The number of hydrogen-bond acceptors (Lipinski definition) is 2. The summed E-state index contributed by atoms with van der Waals surface area (Å²) in [6, 6.07) is 10.8. The van der Waals surface area contributed by atoms with Crippen LogP contribution in [0.15, 0.2) is 30.3 Å². The third-order valence-electron chi connectivity index (χ3n) is 4.66. The second-order valence-electron chi connectivity index (χ2n) is 6.25. The second-order valence-corrected chi connectivity index (χ2v) is 6.25. The molecule has 3 nitrogen and oxygen atoms in total. The highest BCUT2D eigenvalue weighted by molar-refractivity contribution is 5.78. The molecule has 3 rings (SSSR count). The van der Waals surface area contributed by atoms with Gasteiger partial charge in [0.25, 0.3) is 0 Å². The number of carbonyl (C=O) groups is 1. The van der Waals surface area contributed by atoms with Crippen molar-refractivity contribution in [2.45, 2.75) is 57.5 Å². The Labute approximate surface area is 121 Å². The Morgan fingerprint density at radius 3 is 2.60 bits per heavy atom. The number of amides is 1. The summed E-state index contributed by atoms with van der Waals surface area (Å²) in [6.45, 7) is 0.823. The normalized spacial score (nSPS) is 24.8. The highest BCUT2D eigenvalue weighted by atomic mass is 16.2. The van der Waals surface area contributed by atoms with Gasteiger partial charge in [-0.2, -0.15) is 0 Å². The molecule has 2 aliphatic rings. The molecule has 1 saturated heterocycles. The number of hydrogen-bond donors (Lipinski definition) is 1. The summed E-state index contributed by atoms with van der Waals surface area (Å²) in [7, 11) is 0. The Hall–Kier alpha value is -1.35. The van der Waals surface area contributed by atoms with Crippen molar-refractivity contribution in [2.24, 2.45) is 5.92 Å². The molecule has 1 aliphatic heterocycles. The number of rotatable bonds is 4. The number of hydrazine groups is 1. The van der Waals surface area contributed by atoms with Crippen molar-refractivity contribution in [3.63, 3.8) is 0 Å². The zero-order chi connectivity index (χ0) is 13.8. The Morgan fingerprint density at radius 2 is 1.85 bits per heavy atom. The molecule has 0 spiro atoms. The van der Waals surface area contributed by atoms with E-state index in [4.69, 9.17) is 0 Å². The first kappa shape index (κ1) is 13.6. The summed E-state index contributed by atoms with van der Waals surface area (Å²) in [5.41, 5.74) is 4.30. The van der Waals surface area contributed by atoms with Gasteiger partial charge in [-0.25, -0.2) is 5.01 Å². The van der Waals surface area contributed by atoms with Gasteiger partial charge in [0.15, 0.2) is 0 Å². The largest absolute Gasteiger partial charge is 0.288 e. The van der Waals surface area contributed by atoms with E-state index in [0.29, 0.717) is 12.5 Å². The van der Waals surface area contributed by atoms with Crippen molar-refractivity contribution in [3.05, 3.63) is 35.9 Å². The van der Waals surface area contributed by atoms with E-state index in [9.17, 15) is 4.79 Å². The third kappa shape index (κ3) is 3.40. The number of nitrogens with zero attached hydrogens (tertiary/aromatic N) is 1. The van der Waals surface area contributed by atoms with Gasteiger partial charge in [-0.15, -0.1) is 0 Å². The van der Waals surface area contributed by atoms with Crippen LogP contribution in [0.1, 0.15) is 50.5 Å². The Bertz CT molecular complexity index is 440. The molecule has 20 heavy (non-hydrogen) atoms. The standard InChI is InChI=1S/C17H24N2O/c20-17-12-16(11-14-7-3-1-4-8-14)19(18-17)13-15-9-5-2-6-10-15/h2,5-6,9-10,14,16H,1,3-4,7-8,11-13H2,(H,18,20)/t16-/m0/s1. The lowest BCUT2D eigenvalue weighted by atomic mass is 9.84. The van der Waals surface area contributed by atoms with Crippen LogP contribution in [0.25, 0.3) is 0 Å². The molecule has 0 radical (unpaired) electrons. The Morgan fingerprint density at radius 1 is 1.10 bits per heavy atom. The van der Waals surface area contributed by atoms with Gasteiger partial charge in [-0.1, -0.05) is 62.4 Å². The lowest BCUT2D eigenvalue weighted by Crippen LogP contribution is -2.38. The lowest BCUT2D eigenvalue weighted by Gasteiger charge is -2.29. The first-order chi connectivity index (χ1) is 9.81. The molecule has 0 unspecified atom stereocenters. The zero-order valence-electron chi connectivity index (χ0n) is 12.1. The van der Waals surface area contributed by atoms with Crippen LogP contribution < -0.4 is 5.43 Å². The Kier molecular flexibility index (Phi) is 4.36. The smallest absolute Gasteiger partial charge is 0.235 e. The van der Waals surface area contributed by atoms with Gasteiger partial charge in [0.05, 0.1) is 0 Å². The highest BCUT2D eigenvalue weighted by Gasteiger charge is 2.32. The van der Waals surface area contributed by atoms with Gasteiger partial charge in [0, 0.05) is 19.0 Å². The molecule has 1 aromatic carbocycles. The van der Waals surface area contributed by atoms with Crippen molar-refractivity contribution in [2.75, 3.05) is 0 Å². The minimum atomic E-state index is 0.182. The molecule has 3 heteroatoms. The molecule has 1 amide bonds. The van der Waals surface area contributed by atoms with Gasteiger partial charge in [-0.05, 0) is 17.9 Å². The summed E-state index contributed by atoms with van der Waals surface area (Å²) < 4.78 is 0. The zero-order valence-corrected chi connectivity index (χ0v) is 12.1. The van der Waals surface area contributed by atoms with Crippen LogP contribution in [0.5, 0.6) is 0 Å². The Balaban J connectivity index is 1.61. The molecule has 1 saturated carbocycles. The molecule has 0 bridgehead atoms. The van der Waals surface area contributed by atoms with Crippen LogP contribution in [0.2, 0.25) is 0 Å². The minimum absolute atomic E-state index is 0.182. The van der Waals surface area contributed by atoms with E-state index in [1.54, 1.807) is 0 Å². The van der Waals surface area contributed by atoms with E-state index in [1.165, 1.54) is 44.1 Å². The van der Waals surface area contributed by atoms with Gasteiger partial charge >= 0.3 is 0 Å². The SMILES string of the molecule is O=C1C[C@H](CC2CCCCC2)N(Cc2ccccc2)N1. The molecular formula is C17H24N2O. The van der Waals surface area contributed by atoms with E-state index < -0.39 is 0 Å². The fourth-order valence-corrected chi connectivity index (χ4v) is 3.59. The van der Waals surface area contributed by atoms with Crippen LogP contribution in [0.4, 0.5) is 0 Å². The maximum atomic E-state index is 11.7. The highest BCUT2D eigenvalue weighted by Crippen LogP contribution is 2.30. The quantitative estimate of drug-likeness (QED) is 0.912. The molecule has 1 aliphatic carbocycles. The topological polar surface area (TPSA) is 32.3 Å². The summed E-state index contributed by atoms with van der Waals surface area (Å²) in [4.78, 5) is 11.7. The number of nitrogens with one attached hydrogen (secondary N) is 1. The average molecular weight is 272 g/mol. The molecule has 1 N–H and O–H groups in total. The van der Waals surface area contributed by atoms with Crippen LogP contribution in [-0.2, 0) is 11.3 Å². The summed E-state index contributed by atoms with van der Waals surface area (Å²) >= 11 is 0. The molecule has 108 valence electrons. The van der Waals surface area contributed by atoms with Crippen molar-refractivity contribution in [1.82, 2.24) is 10.4 Å².